The lowest BCUT2D eigenvalue weighted by Gasteiger charge is -2.18. The number of hydrogen-bond donors (Lipinski definition) is 6. The predicted molar refractivity (Wildman–Crippen MR) is 182 cm³/mol. The molecule has 10 nitrogen and oxygen atoms in total. The lowest BCUT2D eigenvalue weighted by molar-refractivity contribution is -0.117. The van der Waals surface area contributed by atoms with Crippen LogP contribution in [0.3, 0.4) is 0 Å². The van der Waals surface area contributed by atoms with Gasteiger partial charge < -0.3 is 20.8 Å². The summed E-state index contributed by atoms with van der Waals surface area (Å²) in [6.07, 6.45) is 7.22. The minimum atomic E-state index is -1.86. The maximum atomic E-state index is 15.0. The van der Waals surface area contributed by atoms with Crippen LogP contribution < -0.4 is 24.4 Å². The maximum Gasteiger partial charge on any atom is 0.257 e. The van der Waals surface area contributed by atoms with Gasteiger partial charge in [0.1, 0.15) is 29.5 Å². The maximum absolute atomic E-state index is 15.0. The number of anilines is 1. The van der Waals surface area contributed by atoms with Gasteiger partial charge in [0.05, 0.1) is 22.6 Å². The average Bonchev–Trinajstić information content (AvgIpc) is 3.81. The Morgan fingerprint density at radius 1 is 0.957 bits per heavy atom. The van der Waals surface area contributed by atoms with E-state index in [2.05, 4.69) is 53.8 Å². The zero-order valence-electron chi connectivity index (χ0n) is 26.5. The molecular formula is C33H39F2N5O5S2. The number of nitrogens with one attached hydrogen (secondary N) is 4. The molecule has 3 unspecified atom stereocenters. The van der Waals surface area contributed by atoms with Crippen molar-refractivity contribution in [2.75, 3.05) is 23.9 Å². The van der Waals surface area contributed by atoms with Crippen LogP contribution in [0.1, 0.15) is 57.2 Å². The van der Waals surface area contributed by atoms with E-state index in [1.807, 2.05) is 6.08 Å². The van der Waals surface area contributed by atoms with Gasteiger partial charge in [-0.2, -0.15) is 0 Å². The highest BCUT2D eigenvalue weighted by molar-refractivity contribution is 7.99. The van der Waals surface area contributed by atoms with Gasteiger partial charge in [-0.05, 0) is 60.1 Å². The minimum absolute atomic E-state index is 0.0207. The van der Waals surface area contributed by atoms with E-state index in [0.717, 1.165) is 42.2 Å². The second kappa shape index (κ2) is 14.6. The van der Waals surface area contributed by atoms with Gasteiger partial charge in [0, 0.05) is 42.4 Å². The van der Waals surface area contributed by atoms with Crippen LogP contribution in [-0.4, -0.2) is 58.0 Å². The van der Waals surface area contributed by atoms with Crippen molar-refractivity contribution in [2.24, 2.45) is 11.8 Å². The van der Waals surface area contributed by atoms with E-state index in [1.54, 1.807) is 6.07 Å². The second-order valence-corrected chi connectivity index (χ2v) is 14.5. The summed E-state index contributed by atoms with van der Waals surface area (Å²) in [4.78, 5) is 22.6. The molecule has 4 aliphatic rings. The van der Waals surface area contributed by atoms with E-state index in [4.69, 9.17) is 0 Å². The lowest BCUT2D eigenvalue weighted by Crippen LogP contribution is -2.27. The Morgan fingerprint density at radius 2 is 1.62 bits per heavy atom. The van der Waals surface area contributed by atoms with Gasteiger partial charge in [-0.25, -0.2) is 13.0 Å². The summed E-state index contributed by atoms with van der Waals surface area (Å²) in [7, 11) is -1.86. The first-order valence-electron chi connectivity index (χ1n) is 15.4. The lowest BCUT2D eigenvalue weighted by atomic mass is 9.99. The third-order valence-electron chi connectivity index (χ3n) is 8.25. The molecule has 1 fully saturated rings. The Labute approximate surface area is 279 Å². The van der Waals surface area contributed by atoms with Crippen molar-refractivity contribution in [2.45, 2.75) is 52.6 Å². The third kappa shape index (κ3) is 7.72. The van der Waals surface area contributed by atoms with Crippen LogP contribution in [0.4, 0.5) is 14.5 Å². The van der Waals surface area contributed by atoms with E-state index in [-0.39, 0.29) is 52.2 Å². The van der Waals surface area contributed by atoms with Crippen LogP contribution in [0.25, 0.3) is 16.1 Å². The number of halogens is 2. The molecule has 6 rings (SSSR count). The number of phenols is 2. The third-order valence-corrected chi connectivity index (χ3v) is 10.2. The van der Waals surface area contributed by atoms with Crippen LogP contribution >= 0.6 is 12.1 Å². The highest BCUT2D eigenvalue weighted by Gasteiger charge is 2.31. The van der Waals surface area contributed by atoms with Crippen LogP contribution in [0.5, 0.6) is 11.5 Å². The summed E-state index contributed by atoms with van der Waals surface area (Å²) < 4.78 is 47.9. The SMILES string of the molecule is CC(C)C1C=C(c2ccc(O)c(C3=CC(=O)NS3=O)c2F)CN1.CC(C)CCC1C=C(c2ccc(O)c(N3CC(=O)NS3)c2F)CN1. The van der Waals surface area contributed by atoms with Crippen molar-refractivity contribution < 1.29 is 32.8 Å². The molecule has 0 radical (unpaired) electrons. The van der Waals surface area contributed by atoms with Gasteiger partial charge >= 0.3 is 0 Å². The summed E-state index contributed by atoms with van der Waals surface area (Å²) in [5.41, 5.74) is 2.36. The molecule has 0 bridgehead atoms. The summed E-state index contributed by atoms with van der Waals surface area (Å²) in [6.45, 7) is 9.66. The Hall–Kier alpha value is -3.72. The number of phenolic OH excluding ortho intramolecular Hbond substituents is 2. The number of hydrogen-bond acceptors (Lipinski definition) is 9. The molecule has 14 heteroatoms. The monoisotopic (exact) mass is 687 g/mol. The summed E-state index contributed by atoms with van der Waals surface area (Å²) >= 11 is 0.994. The molecule has 0 aliphatic carbocycles. The molecular weight excluding hydrogens is 649 g/mol. The predicted octanol–water partition coefficient (Wildman–Crippen LogP) is 4.50. The first-order valence-corrected chi connectivity index (χ1v) is 17.4. The summed E-state index contributed by atoms with van der Waals surface area (Å²) in [5.74, 6) is -1.42. The molecule has 0 aromatic heterocycles. The van der Waals surface area contributed by atoms with Crippen LogP contribution in [0.2, 0.25) is 0 Å². The van der Waals surface area contributed by atoms with E-state index in [1.165, 1.54) is 22.5 Å². The first kappa shape index (κ1) is 34.6. The summed E-state index contributed by atoms with van der Waals surface area (Å²) in [6, 6.07) is 6.35. The van der Waals surface area contributed by atoms with E-state index >= 15 is 0 Å². The van der Waals surface area contributed by atoms with Crippen molar-refractivity contribution in [1.82, 2.24) is 20.1 Å². The average molecular weight is 688 g/mol. The highest BCUT2D eigenvalue weighted by Crippen LogP contribution is 2.40. The highest BCUT2D eigenvalue weighted by atomic mass is 32.2. The smallest absolute Gasteiger partial charge is 0.257 e. The first-order chi connectivity index (χ1) is 22.3. The van der Waals surface area contributed by atoms with E-state index < -0.39 is 28.5 Å². The second-order valence-electron chi connectivity index (χ2n) is 12.5. The molecule has 0 spiro atoms. The fourth-order valence-electron chi connectivity index (χ4n) is 5.69. The van der Waals surface area contributed by atoms with Gasteiger partial charge in [0.2, 0.25) is 0 Å². The van der Waals surface area contributed by atoms with Gasteiger partial charge in [0.15, 0.2) is 16.8 Å². The zero-order valence-corrected chi connectivity index (χ0v) is 28.2. The molecule has 1 saturated heterocycles. The molecule has 4 aliphatic heterocycles. The van der Waals surface area contributed by atoms with Crippen molar-refractivity contribution in [3.05, 3.63) is 70.8 Å². The van der Waals surface area contributed by atoms with Crippen molar-refractivity contribution in [3.8, 4) is 11.5 Å². The molecule has 2 aromatic carbocycles. The molecule has 0 saturated carbocycles. The van der Waals surface area contributed by atoms with Crippen LogP contribution in [0.15, 0.2) is 42.5 Å². The van der Waals surface area contributed by atoms with Crippen LogP contribution in [-0.2, 0) is 20.6 Å². The van der Waals surface area contributed by atoms with Crippen molar-refractivity contribution in [3.63, 3.8) is 0 Å². The normalized spacial score (nSPS) is 22.3. The summed E-state index contributed by atoms with van der Waals surface area (Å²) in [5, 5.41) is 26.7. The zero-order chi connectivity index (χ0) is 34.0. The fraction of sp³-hybridized carbons (Fsp3) is 0.394. The van der Waals surface area contributed by atoms with Gasteiger partial charge in [-0.1, -0.05) is 39.8 Å². The van der Waals surface area contributed by atoms with Crippen molar-refractivity contribution in [1.29, 1.82) is 0 Å². The largest absolute Gasteiger partial charge is 0.507 e. The van der Waals surface area contributed by atoms with Crippen LogP contribution in [0, 0.1) is 23.5 Å². The van der Waals surface area contributed by atoms with E-state index in [9.17, 15) is 32.8 Å². The Bertz CT molecular complexity index is 1690. The van der Waals surface area contributed by atoms with Gasteiger partial charge in [-0.3, -0.25) is 23.3 Å². The Morgan fingerprint density at radius 3 is 2.21 bits per heavy atom. The number of benzene rings is 2. The number of amides is 2. The number of carbonyl (C=O) groups is 2. The van der Waals surface area contributed by atoms with E-state index in [0.29, 0.717) is 36.1 Å². The number of aromatic hydroxyl groups is 2. The quantitative estimate of drug-likeness (QED) is 0.221. The Balaban J connectivity index is 0.000000185. The minimum Gasteiger partial charge on any atom is -0.507 e. The molecule has 252 valence electrons. The van der Waals surface area contributed by atoms with Gasteiger partial charge in [0.25, 0.3) is 11.8 Å². The molecule has 2 aromatic rings. The topological polar surface area (TPSA) is 143 Å². The Kier molecular flexibility index (Phi) is 10.7. The molecule has 47 heavy (non-hydrogen) atoms. The molecule has 3 atom stereocenters. The number of nitrogens with zero attached hydrogens (tertiary/aromatic N) is 1. The van der Waals surface area contributed by atoms with Gasteiger partial charge in [-0.15, -0.1) is 0 Å². The van der Waals surface area contributed by atoms with Crippen molar-refractivity contribution >= 4 is 56.7 Å². The number of rotatable bonds is 8. The fourth-order valence-corrected chi connectivity index (χ4v) is 7.36. The standard InChI is InChI=1S/C17H22FN3O2S.C16H17FN2O3S/c1-10(2)3-4-12-7-11(8-19-12)13-5-6-14(22)17(16(13)18)21-9-15(23)20-24-21;1-8(2)11-5-9(7-18-11)10-3-4-12(20)15(16(10)17)13-6-14(21)19-23(13)22/h5-7,10,12,19,22H,3-4,8-9H2,1-2H3,(H,20,23);3-6,8,11,18,20H,7H2,1-2H3,(H,19,21). The molecule has 2 amide bonds. The molecule has 6 N–H and O–H groups in total. The molecule has 4 heterocycles. The number of carbonyl (C=O) groups excluding carboxylic acids is 2.